The van der Waals surface area contributed by atoms with Crippen molar-refractivity contribution >= 4 is 51.8 Å². The van der Waals surface area contributed by atoms with Crippen LogP contribution < -0.4 is 4.74 Å². The topological polar surface area (TPSA) is 9.23 Å². The van der Waals surface area contributed by atoms with Gasteiger partial charge in [-0.2, -0.15) is 12.6 Å². The molecule has 0 aromatic heterocycles. The van der Waals surface area contributed by atoms with Crippen LogP contribution in [-0.2, 0) is 0 Å². The molecule has 0 aliphatic carbocycles. The third-order valence-electron chi connectivity index (χ3n) is 1.53. The zero-order chi connectivity index (χ0) is 10.6. The van der Waals surface area contributed by atoms with Crippen molar-refractivity contribution in [2.75, 3.05) is 12.4 Å². The third-order valence-corrected chi connectivity index (χ3v) is 3.34. The van der Waals surface area contributed by atoms with Gasteiger partial charge in [0.1, 0.15) is 5.75 Å². The van der Waals surface area contributed by atoms with Crippen LogP contribution in [0.15, 0.2) is 16.6 Å². The normalized spacial score (nSPS) is 10.3. The van der Waals surface area contributed by atoms with Crippen LogP contribution in [0.5, 0.6) is 5.75 Å². The Kier molecular flexibility index (Phi) is 5.45. The van der Waals surface area contributed by atoms with Gasteiger partial charge in [-0.05, 0) is 34.2 Å². The Morgan fingerprint density at radius 2 is 2.00 bits per heavy atom. The molecule has 0 bridgehead atoms. The first-order valence-corrected chi connectivity index (χ1v) is 6.21. The maximum Gasteiger partial charge on any atom is 0.139 e. The van der Waals surface area contributed by atoms with Gasteiger partial charge in [0.15, 0.2) is 0 Å². The van der Waals surface area contributed by atoms with E-state index in [1.165, 1.54) is 0 Å². The minimum Gasteiger partial charge on any atom is -0.492 e. The highest BCUT2D eigenvalue weighted by atomic mass is 79.9. The Morgan fingerprint density at radius 3 is 2.64 bits per heavy atom. The molecule has 5 heteroatoms. The number of benzene rings is 1. The highest BCUT2D eigenvalue weighted by Gasteiger charge is 2.06. The van der Waals surface area contributed by atoms with E-state index in [0.717, 1.165) is 16.6 Å². The van der Waals surface area contributed by atoms with Crippen molar-refractivity contribution in [3.63, 3.8) is 0 Å². The lowest BCUT2D eigenvalue weighted by Crippen LogP contribution is -1.98. The van der Waals surface area contributed by atoms with Gasteiger partial charge in [-0.1, -0.05) is 23.2 Å². The lowest BCUT2D eigenvalue weighted by Gasteiger charge is -2.08. The van der Waals surface area contributed by atoms with Gasteiger partial charge in [0.05, 0.1) is 16.7 Å². The summed E-state index contributed by atoms with van der Waals surface area (Å²) < 4.78 is 6.20. The predicted molar refractivity (Wildman–Crippen MR) is 68.1 cm³/mol. The van der Waals surface area contributed by atoms with E-state index in [2.05, 4.69) is 28.6 Å². The van der Waals surface area contributed by atoms with E-state index < -0.39 is 0 Å². The van der Waals surface area contributed by atoms with Gasteiger partial charge in [0.2, 0.25) is 0 Å². The van der Waals surface area contributed by atoms with Crippen LogP contribution in [0, 0.1) is 0 Å². The predicted octanol–water partition coefficient (Wildman–Crippen LogP) is 4.45. The van der Waals surface area contributed by atoms with Crippen LogP contribution in [0.4, 0.5) is 0 Å². The van der Waals surface area contributed by atoms with Gasteiger partial charge in [-0.25, -0.2) is 0 Å². The lowest BCUT2D eigenvalue weighted by atomic mass is 10.3. The molecule has 0 saturated carbocycles. The summed E-state index contributed by atoms with van der Waals surface area (Å²) in [5.41, 5.74) is 0. The molecule has 78 valence electrons. The number of hydrogen-bond acceptors (Lipinski definition) is 2. The van der Waals surface area contributed by atoms with E-state index in [9.17, 15) is 0 Å². The molecule has 0 aliphatic rings. The first-order valence-electron chi connectivity index (χ1n) is 4.03. The van der Waals surface area contributed by atoms with E-state index in [-0.39, 0.29) is 0 Å². The number of halogens is 3. The SMILES string of the molecule is SCCCOc1cc(Cl)c(Br)cc1Cl. The van der Waals surface area contributed by atoms with Crippen molar-refractivity contribution in [2.24, 2.45) is 0 Å². The van der Waals surface area contributed by atoms with Crippen molar-refractivity contribution in [3.05, 3.63) is 26.7 Å². The van der Waals surface area contributed by atoms with Crippen molar-refractivity contribution in [2.45, 2.75) is 6.42 Å². The van der Waals surface area contributed by atoms with E-state index in [1.807, 2.05) is 0 Å². The number of thiol groups is 1. The summed E-state index contributed by atoms with van der Waals surface area (Å²) in [5.74, 6) is 1.41. The molecule has 0 heterocycles. The minimum atomic E-state index is 0.556. The average molecular weight is 316 g/mol. The molecular weight excluding hydrogens is 307 g/mol. The van der Waals surface area contributed by atoms with Gasteiger partial charge >= 0.3 is 0 Å². The van der Waals surface area contributed by atoms with Gasteiger partial charge in [-0.15, -0.1) is 0 Å². The largest absolute Gasteiger partial charge is 0.492 e. The van der Waals surface area contributed by atoms with E-state index >= 15 is 0 Å². The van der Waals surface area contributed by atoms with Crippen LogP contribution in [-0.4, -0.2) is 12.4 Å². The maximum absolute atomic E-state index is 5.95. The van der Waals surface area contributed by atoms with Crippen LogP contribution in [0.3, 0.4) is 0 Å². The maximum atomic E-state index is 5.95. The molecule has 0 unspecified atom stereocenters. The highest BCUT2D eigenvalue weighted by Crippen LogP contribution is 2.34. The second kappa shape index (κ2) is 6.11. The summed E-state index contributed by atoms with van der Waals surface area (Å²) in [6, 6.07) is 3.42. The fourth-order valence-electron chi connectivity index (χ4n) is 0.862. The van der Waals surface area contributed by atoms with Gasteiger partial charge in [0.25, 0.3) is 0 Å². The number of hydrogen-bond donors (Lipinski definition) is 1. The Labute approximate surface area is 107 Å². The lowest BCUT2D eigenvalue weighted by molar-refractivity contribution is 0.319. The number of ether oxygens (including phenoxy) is 1. The molecule has 0 amide bonds. The van der Waals surface area contributed by atoms with Crippen LogP contribution >= 0.6 is 51.8 Å². The summed E-state index contributed by atoms with van der Waals surface area (Å²) in [6.45, 7) is 0.598. The molecule has 0 saturated heterocycles. The van der Waals surface area contributed by atoms with Crippen LogP contribution in [0.2, 0.25) is 10.0 Å². The first kappa shape index (κ1) is 12.5. The molecule has 14 heavy (non-hydrogen) atoms. The number of rotatable bonds is 4. The summed E-state index contributed by atoms with van der Waals surface area (Å²) in [5, 5.41) is 1.15. The molecule has 0 radical (unpaired) electrons. The van der Waals surface area contributed by atoms with E-state index in [4.69, 9.17) is 27.9 Å². The summed E-state index contributed by atoms with van der Waals surface area (Å²) >= 11 is 19.2. The van der Waals surface area contributed by atoms with Crippen molar-refractivity contribution in [3.8, 4) is 5.75 Å². The monoisotopic (exact) mass is 314 g/mol. The fraction of sp³-hybridized carbons (Fsp3) is 0.333. The zero-order valence-electron chi connectivity index (χ0n) is 7.27. The fourth-order valence-corrected chi connectivity index (χ4v) is 1.84. The average Bonchev–Trinajstić information content (AvgIpc) is 2.14. The molecule has 0 spiro atoms. The Morgan fingerprint density at radius 1 is 1.29 bits per heavy atom. The molecule has 0 fully saturated rings. The molecular formula is C9H9BrCl2OS. The highest BCUT2D eigenvalue weighted by molar-refractivity contribution is 9.10. The molecule has 0 N–H and O–H groups in total. The quantitative estimate of drug-likeness (QED) is 0.490. The second-order valence-electron chi connectivity index (χ2n) is 2.62. The standard InChI is InChI=1S/C9H9BrCl2OS/c10-6-4-8(12)9(5-7(6)11)13-2-1-3-14/h4-5,14H,1-3H2. The Balaban J connectivity index is 2.72. The summed E-state index contributed by atoms with van der Waals surface area (Å²) in [7, 11) is 0. The van der Waals surface area contributed by atoms with Crippen molar-refractivity contribution < 1.29 is 4.74 Å². The molecule has 0 aliphatic heterocycles. The van der Waals surface area contributed by atoms with E-state index in [1.54, 1.807) is 12.1 Å². The smallest absolute Gasteiger partial charge is 0.139 e. The van der Waals surface area contributed by atoms with Crippen molar-refractivity contribution in [1.82, 2.24) is 0 Å². The molecule has 1 aromatic carbocycles. The van der Waals surface area contributed by atoms with Crippen LogP contribution in [0.25, 0.3) is 0 Å². The zero-order valence-corrected chi connectivity index (χ0v) is 11.3. The Bertz CT molecular complexity index is 320. The molecule has 1 nitrogen and oxygen atoms in total. The molecule has 0 atom stereocenters. The van der Waals surface area contributed by atoms with Gasteiger partial charge < -0.3 is 4.74 Å². The third kappa shape index (κ3) is 3.54. The minimum absolute atomic E-state index is 0.556. The first-order chi connectivity index (χ1) is 6.65. The second-order valence-corrected chi connectivity index (χ2v) is 4.74. The van der Waals surface area contributed by atoms with Gasteiger partial charge in [0, 0.05) is 10.5 Å². The van der Waals surface area contributed by atoms with Crippen molar-refractivity contribution in [1.29, 1.82) is 0 Å². The Hall–Kier alpha value is 0.430. The summed E-state index contributed by atoms with van der Waals surface area (Å²) in [6.07, 6.45) is 0.882. The summed E-state index contributed by atoms with van der Waals surface area (Å²) in [4.78, 5) is 0. The molecule has 1 rings (SSSR count). The van der Waals surface area contributed by atoms with Gasteiger partial charge in [-0.3, -0.25) is 0 Å². The molecule has 1 aromatic rings. The van der Waals surface area contributed by atoms with E-state index in [0.29, 0.717) is 22.4 Å². The van der Waals surface area contributed by atoms with Crippen LogP contribution in [0.1, 0.15) is 6.42 Å².